The summed E-state index contributed by atoms with van der Waals surface area (Å²) >= 11 is 1.10. The first-order valence-corrected chi connectivity index (χ1v) is 9.43. The molecule has 4 rings (SSSR count). The third-order valence-electron chi connectivity index (χ3n) is 4.34. The highest BCUT2D eigenvalue weighted by atomic mass is 32.2. The van der Waals surface area contributed by atoms with Crippen molar-refractivity contribution in [3.8, 4) is 11.1 Å². The van der Waals surface area contributed by atoms with Crippen LogP contribution in [0.15, 0.2) is 95.9 Å². The molecule has 3 aromatic carbocycles. The molecule has 136 valence electrons. The molecular weight excluding hydrogens is 370 g/mol. The Balaban J connectivity index is 1.48. The molecule has 5 heteroatoms. The van der Waals surface area contributed by atoms with Crippen molar-refractivity contribution in [1.82, 2.24) is 4.31 Å². The van der Waals surface area contributed by atoms with E-state index < -0.39 is 0 Å². The van der Waals surface area contributed by atoms with Crippen LogP contribution in [-0.2, 0) is 9.59 Å². The molecule has 28 heavy (non-hydrogen) atoms. The van der Waals surface area contributed by atoms with E-state index in [-0.39, 0.29) is 17.6 Å². The van der Waals surface area contributed by atoms with Gasteiger partial charge < -0.3 is 0 Å². The third-order valence-corrected chi connectivity index (χ3v) is 5.36. The van der Waals surface area contributed by atoms with Crippen LogP contribution >= 0.6 is 11.9 Å². The van der Waals surface area contributed by atoms with Crippen molar-refractivity contribution in [1.29, 1.82) is 0 Å². The van der Waals surface area contributed by atoms with Gasteiger partial charge in [0, 0.05) is 28.2 Å². The van der Waals surface area contributed by atoms with Crippen LogP contribution in [0.5, 0.6) is 0 Å². The molecule has 0 saturated carbocycles. The van der Waals surface area contributed by atoms with E-state index in [9.17, 15) is 14.4 Å². The average Bonchev–Trinajstić information content (AvgIpc) is 3.06. The van der Waals surface area contributed by atoms with E-state index in [0.717, 1.165) is 32.3 Å². The zero-order chi connectivity index (χ0) is 19.5. The predicted octanol–water partition coefficient (Wildman–Crippen LogP) is 4.52. The highest BCUT2D eigenvalue weighted by molar-refractivity contribution is 7.98. The second-order valence-corrected chi connectivity index (χ2v) is 7.21. The fourth-order valence-corrected chi connectivity index (χ4v) is 3.63. The molecule has 4 nitrogen and oxygen atoms in total. The smallest absolute Gasteiger partial charge is 0.264 e. The zero-order valence-electron chi connectivity index (χ0n) is 14.7. The Morgan fingerprint density at radius 2 is 1.14 bits per heavy atom. The summed E-state index contributed by atoms with van der Waals surface area (Å²) in [5.41, 5.74) is 3.27. The summed E-state index contributed by atoms with van der Waals surface area (Å²) < 4.78 is 1.12. The van der Waals surface area contributed by atoms with Crippen LogP contribution in [0.25, 0.3) is 11.1 Å². The van der Waals surface area contributed by atoms with Crippen LogP contribution < -0.4 is 0 Å². The average molecular weight is 385 g/mol. The van der Waals surface area contributed by atoms with Crippen molar-refractivity contribution in [3.05, 3.63) is 102 Å². The van der Waals surface area contributed by atoms with Gasteiger partial charge in [-0.25, -0.2) is 4.31 Å². The quantitative estimate of drug-likeness (QED) is 0.368. The van der Waals surface area contributed by atoms with Crippen molar-refractivity contribution in [2.45, 2.75) is 4.90 Å². The summed E-state index contributed by atoms with van der Waals surface area (Å²) in [5, 5.41) is 0. The predicted molar refractivity (Wildman–Crippen MR) is 109 cm³/mol. The van der Waals surface area contributed by atoms with Crippen LogP contribution in [0.4, 0.5) is 0 Å². The number of benzene rings is 3. The zero-order valence-corrected chi connectivity index (χ0v) is 15.6. The summed E-state index contributed by atoms with van der Waals surface area (Å²) in [6, 6.07) is 24.2. The summed E-state index contributed by atoms with van der Waals surface area (Å²) in [7, 11) is 0. The number of nitrogens with zero attached hydrogens (tertiary/aromatic N) is 1. The molecule has 1 heterocycles. The molecule has 3 aromatic rings. The first-order valence-electron chi connectivity index (χ1n) is 8.66. The van der Waals surface area contributed by atoms with Crippen molar-refractivity contribution in [3.63, 3.8) is 0 Å². The minimum Gasteiger partial charge on any atom is -0.289 e. The summed E-state index contributed by atoms with van der Waals surface area (Å²) in [5.74, 6) is -0.650. The Bertz CT molecular complexity index is 1050. The van der Waals surface area contributed by atoms with E-state index in [1.807, 2.05) is 66.7 Å². The molecule has 0 spiro atoms. The minimum absolute atomic E-state index is 0.00699. The van der Waals surface area contributed by atoms with E-state index in [2.05, 4.69) is 0 Å². The molecular formula is C23H15NO3S. The molecule has 0 fully saturated rings. The monoisotopic (exact) mass is 385 g/mol. The molecule has 0 saturated heterocycles. The highest BCUT2D eigenvalue weighted by Crippen LogP contribution is 2.28. The van der Waals surface area contributed by atoms with Crippen molar-refractivity contribution in [2.75, 3.05) is 0 Å². The van der Waals surface area contributed by atoms with Gasteiger partial charge in [-0.3, -0.25) is 14.4 Å². The molecule has 0 unspecified atom stereocenters. The van der Waals surface area contributed by atoms with Gasteiger partial charge in [-0.1, -0.05) is 66.7 Å². The van der Waals surface area contributed by atoms with Gasteiger partial charge in [-0.05, 0) is 35.2 Å². The molecule has 0 aromatic heterocycles. The first kappa shape index (κ1) is 17.9. The van der Waals surface area contributed by atoms with Crippen LogP contribution in [0.3, 0.4) is 0 Å². The van der Waals surface area contributed by atoms with E-state index in [1.54, 1.807) is 12.1 Å². The van der Waals surface area contributed by atoms with Crippen molar-refractivity contribution in [2.24, 2.45) is 0 Å². The number of hydrogen-bond acceptors (Lipinski definition) is 4. The Hall–Kier alpha value is -3.44. The highest BCUT2D eigenvalue weighted by Gasteiger charge is 2.24. The largest absolute Gasteiger partial charge is 0.289 e. The van der Waals surface area contributed by atoms with Crippen LogP contribution in [0.1, 0.15) is 15.9 Å². The van der Waals surface area contributed by atoms with E-state index in [0.29, 0.717) is 11.1 Å². The maximum Gasteiger partial charge on any atom is 0.264 e. The van der Waals surface area contributed by atoms with Gasteiger partial charge in [0.05, 0.1) is 0 Å². The van der Waals surface area contributed by atoms with E-state index in [4.69, 9.17) is 0 Å². The topological polar surface area (TPSA) is 54.5 Å². The number of ketones is 1. The number of imide groups is 1. The molecule has 0 atom stereocenters. The number of hydrogen-bond donors (Lipinski definition) is 0. The summed E-state index contributed by atoms with van der Waals surface area (Å²) in [6.07, 6.45) is 2.53. The first-order chi connectivity index (χ1) is 13.6. The molecule has 0 aliphatic carbocycles. The van der Waals surface area contributed by atoms with Crippen molar-refractivity contribution < 1.29 is 14.4 Å². The summed E-state index contributed by atoms with van der Waals surface area (Å²) in [6.45, 7) is 0. The van der Waals surface area contributed by atoms with E-state index >= 15 is 0 Å². The SMILES string of the molecule is O=C(c1ccccc1)c1ccc(-c2ccc(SN3C(=O)C=CC3=O)cc2)cc1. The van der Waals surface area contributed by atoms with Crippen LogP contribution in [0.2, 0.25) is 0 Å². The fraction of sp³-hybridized carbons (Fsp3) is 0. The normalized spacial score (nSPS) is 13.2. The number of rotatable bonds is 5. The van der Waals surface area contributed by atoms with Gasteiger partial charge in [0.2, 0.25) is 0 Å². The van der Waals surface area contributed by atoms with Gasteiger partial charge in [-0.15, -0.1) is 0 Å². The maximum absolute atomic E-state index is 12.5. The number of amides is 2. The molecule has 2 amide bonds. The molecule has 1 aliphatic heterocycles. The Morgan fingerprint density at radius 3 is 1.71 bits per heavy atom. The van der Waals surface area contributed by atoms with E-state index in [1.165, 1.54) is 12.2 Å². The lowest BCUT2D eigenvalue weighted by Crippen LogP contribution is -2.21. The lowest BCUT2D eigenvalue weighted by molar-refractivity contribution is -0.130. The third kappa shape index (κ3) is 3.66. The number of carbonyl (C=O) groups excluding carboxylic acids is 3. The molecule has 0 radical (unpaired) electrons. The van der Waals surface area contributed by atoms with Gasteiger partial charge in [-0.2, -0.15) is 0 Å². The Morgan fingerprint density at radius 1 is 0.643 bits per heavy atom. The van der Waals surface area contributed by atoms with Crippen molar-refractivity contribution >= 4 is 29.5 Å². The Labute approximate surface area is 166 Å². The standard InChI is InChI=1S/C23H15NO3S/c25-21-14-15-22(26)24(21)28-20-12-10-17(11-13-20)16-6-8-19(9-7-16)23(27)18-4-2-1-3-5-18/h1-15H. The van der Waals surface area contributed by atoms with Crippen LogP contribution in [-0.4, -0.2) is 21.9 Å². The van der Waals surface area contributed by atoms with Gasteiger partial charge in [0.1, 0.15) is 0 Å². The number of carbonyl (C=O) groups is 3. The molecule has 1 aliphatic rings. The van der Waals surface area contributed by atoms with Crippen LogP contribution in [0, 0.1) is 0 Å². The minimum atomic E-state index is -0.322. The fourth-order valence-electron chi connectivity index (χ4n) is 2.86. The van der Waals surface area contributed by atoms with Gasteiger partial charge in [0.15, 0.2) is 5.78 Å². The second kappa shape index (κ2) is 7.66. The lowest BCUT2D eigenvalue weighted by atomic mass is 9.99. The van der Waals surface area contributed by atoms with Gasteiger partial charge in [0.25, 0.3) is 11.8 Å². The Kier molecular flexibility index (Phi) is 4.91. The summed E-state index contributed by atoms with van der Waals surface area (Å²) in [4.78, 5) is 36.6. The maximum atomic E-state index is 12.5. The molecule has 0 bridgehead atoms. The van der Waals surface area contributed by atoms with Gasteiger partial charge >= 0.3 is 0 Å². The lowest BCUT2D eigenvalue weighted by Gasteiger charge is -2.12. The molecule has 0 N–H and O–H groups in total. The second-order valence-electron chi connectivity index (χ2n) is 6.19.